The molecule has 4 nitrogen and oxygen atoms in total. The van der Waals surface area contributed by atoms with E-state index in [1.807, 2.05) is 0 Å². The van der Waals surface area contributed by atoms with Crippen molar-refractivity contribution in [3.63, 3.8) is 0 Å². The molecule has 0 saturated carbocycles. The first-order chi connectivity index (χ1) is 12.1. The SMILES string of the molecule is O=S(=O)(c1nc(-c2ccc(F)cc2)c(-c2cccs2)[nH]1)C(F)(F)C(F)F. The minimum atomic E-state index is -5.77. The Balaban J connectivity index is 2.21. The minimum Gasteiger partial charge on any atom is -0.327 e. The molecule has 0 aliphatic heterocycles. The van der Waals surface area contributed by atoms with E-state index in [1.165, 1.54) is 12.1 Å². The molecule has 0 amide bonds. The Morgan fingerprint density at radius 3 is 2.31 bits per heavy atom. The molecule has 138 valence electrons. The van der Waals surface area contributed by atoms with Crippen LogP contribution in [0.1, 0.15) is 0 Å². The predicted molar refractivity (Wildman–Crippen MR) is 85.4 cm³/mol. The molecule has 3 rings (SSSR count). The Hall–Kier alpha value is -2.27. The van der Waals surface area contributed by atoms with E-state index in [9.17, 15) is 30.4 Å². The Kier molecular flexibility index (Phi) is 4.61. The first-order valence-electron chi connectivity index (χ1n) is 6.95. The van der Waals surface area contributed by atoms with Crippen LogP contribution in [0.5, 0.6) is 0 Å². The Labute approximate surface area is 148 Å². The monoisotopic (exact) mass is 408 g/mol. The summed E-state index contributed by atoms with van der Waals surface area (Å²) in [7, 11) is -5.77. The quantitative estimate of drug-likeness (QED) is 0.629. The van der Waals surface area contributed by atoms with Gasteiger partial charge in [-0.25, -0.2) is 26.6 Å². The molecule has 1 aromatic carbocycles. The molecular formula is C15H9F5N2O2S2. The normalized spacial score (nSPS) is 12.7. The Morgan fingerprint density at radius 2 is 1.77 bits per heavy atom. The van der Waals surface area contributed by atoms with Crippen LogP contribution < -0.4 is 0 Å². The van der Waals surface area contributed by atoms with Gasteiger partial charge in [0.2, 0.25) is 5.16 Å². The molecule has 2 heterocycles. The van der Waals surface area contributed by atoms with Crippen molar-refractivity contribution >= 4 is 21.2 Å². The van der Waals surface area contributed by atoms with Gasteiger partial charge in [0, 0.05) is 5.56 Å². The van der Waals surface area contributed by atoms with Crippen molar-refractivity contribution in [2.75, 3.05) is 0 Å². The fourth-order valence-corrected chi connectivity index (χ4v) is 3.81. The van der Waals surface area contributed by atoms with Gasteiger partial charge in [-0.05, 0) is 35.7 Å². The van der Waals surface area contributed by atoms with Crippen LogP contribution >= 0.6 is 11.3 Å². The largest absolute Gasteiger partial charge is 0.411 e. The molecule has 3 aromatic rings. The van der Waals surface area contributed by atoms with Crippen molar-refractivity contribution in [3.05, 3.63) is 47.6 Å². The van der Waals surface area contributed by atoms with Gasteiger partial charge in [0.1, 0.15) is 5.82 Å². The van der Waals surface area contributed by atoms with Gasteiger partial charge in [0.15, 0.2) is 0 Å². The lowest BCUT2D eigenvalue weighted by Gasteiger charge is -2.13. The molecule has 0 spiro atoms. The summed E-state index contributed by atoms with van der Waals surface area (Å²) >= 11 is 1.15. The fraction of sp³-hybridized carbons (Fsp3) is 0.133. The highest BCUT2D eigenvalue weighted by Gasteiger charge is 2.56. The number of sulfone groups is 1. The Bertz CT molecular complexity index is 1010. The van der Waals surface area contributed by atoms with E-state index in [0.717, 1.165) is 23.5 Å². The number of nitrogens with one attached hydrogen (secondary N) is 1. The summed E-state index contributed by atoms with van der Waals surface area (Å²) in [5, 5.41) is -4.95. The molecule has 0 atom stereocenters. The van der Waals surface area contributed by atoms with Crippen molar-refractivity contribution < 1.29 is 30.4 Å². The van der Waals surface area contributed by atoms with Crippen LogP contribution in [0.25, 0.3) is 21.8 Å². The van der Waals surface area contributed by atoms with Crippen molar-refractivity contribution in [1.29, 1.82) is 0 Å². The van der Waals surface area contributed by atoms with Crippen LogP contribution in [-0.4, -0.2) is 30.1 Å². The van der Waals surface area contributed by atoms with Gasteiger partial charge >= 0.3 is 11.7 Å². The summed E-state index contributed by atoms with van der Waals surface area (Å²) in [4.78, 5) is 6.26. The molecule has 26 heavy (non-hydrogen) atoms. The zero-order chi connectivity index (χ0) is 19.1. The maximum Gasteiger partial charge on any atom is 0.411 e. The van der Waals surface area contributed by atoms with E-state index in [4.69, 9.17) is 0 Å². The number of benzene rings is 1. The maximum absolute atomic E-state index is 13.5. The highest BCUT2D eigenvalue weighted by molar-refractivity contribution is 7.92. The van der Waals surface area contributed by atoms with E-state index in [1.54, 1.807) is 17.5 Å². The Morgan fingerprint density at radius 1 is 1.12 bits per heavy atom. The third-order valence-corrected chi connectivity index (χ3v) is 5.92. The van der Waals surface area contributed by atoms with Crippen LogP contribution in [0.4, 0.5) is 22.0 Å². The number of imidazole rings is 1. The molecule has 0 fully saturated rings. The lowest BCUT2D eigenvalue weighted by atomic mass is 10.1. The maximum atomic E-state index is 13.5. The molecule has 11 heteroatoms. The van der Waals surface area contributed by atoms with E-state index >= 15 is 0 Å². The summed E-state index contributed by atoms with van der Waals surface area (Å²) < 4.78 is 89.1. The van der Waals surface area contributed by atoms with Crippen molar-refractivity contribution in [2.45, 2.75) is 16.8 Å². The van der Waals surface area contributed by atoms with Gasteiger partial charge in [-0.2, -0.15) is 8.78 Å². The summed E-state index contributed by atoms with van der Waals surface area (Å²) in [6, 6.07) is 7.87. The molecule has 0 bridgehead atoms. The molecule has 1 N–H and O–H groups in total. The molecule has 2 aromatic heterocycles. The number of nitrogens with zero attached hydrogens (tertiary/aromatic N) is 1. The van der Waals surface area contributed by atoms with Gasteiger partial charge in [0.05, 0.1) is 16.3 Å². The molecule has 0 radical (unpaired) electrons. The van der Waals surface area contributed by atoms with Crippen LogP contribution in [-0.2, 0) is 9.84 Å². The topological polar surface area (TPSA) is 62.8 Å². The number of rotatable bonds is 5. The van der Waals surface area contributed by atoms with Crippen LogP contribution in [0.2, 0.25) is 0 Å². The molecule has 0 unspecified atom stereocenters. The second-order valence-corrected chi connectivity index (χ2v) is 8.00. The number of hydrogen-bond donors (Lipinski definition) is 1. The first kappa shape index (κ1) is 18.5. The molecule has 0 saturated heterocycles. The summed E-state index contributed by atoms with van der Waals surface area (Å²) in [6.07, 6.45) is -4.42. The number of alkyl halides is 4. The van der Waals surface area contributed by atoms with E-state index < -0.39 is 32.5 Å². The standard InChI is InChI=1S/C15H9F5N2O2S2/c16-9-5-3-8(4-6-9)11-12(10-2-1-7-25-10)22-14(21-11)26(23,24)15(19,20)13(17)18/h1-7,13H,(H,21,22). The van der Waals surface area contributed by atoms with Gasteiger partial charge in [-0.3, -0.25) is 0 Å². The third kappa shape index (κ3) is 3.01. The van der Waals surface area contributed by atoms with Crippen molar-refractivity contribution in [1.82, 2.24) is 9.97 Å². The number of aromatic nitrogens is 2. The van der Waals surface area contributed by atoms with Crippen molar-refractivity contribution in [3.8, 4) is 21.8 Å². The van der Waals surface area contributed by atoms with E-state index in [-0.39, 0.29) is 17.0 Å². The number of H-pyrrole nitrogens is 1. The highest BCUT2D eigenvalue weighted by Crippen LogP contribution is 2.38. The van der Waals surface area contributed by atoms with Crippen LogP contribution in [0.15, 0.2) is 46.9 Å². The zero-order valence-corrected chi connectivity index (χ0v) is 14.2. The minimum absolute atomic E-state index is 0.0512. The lowest BCUT2D eigenvalue weighted by Crippen LogP contribution is -2.37. The van der Waals surface area contributed by atoms with Gasteiger partial charge in [0.25, 0.3) is 9.84 Å². The van der Waals surface area contributed by atoms with Gasteiger partial charge < -0.3 is 4.98 Å². The average molecular weight is 408 g/mol. The third-order valence-electron chi connectivity index (χ3n) is 3.43. The average Bonchev–Trinajstić information content (AvgIpc) is 3.24. The van der Waals surface area contributed by atoms with Crippen LogP contribution in [0.3, 0.4) is 0 Å². The number of thiophene rings is 1. The molecular weight excluding hydrogens is 399 g/mol. The van der Waals surface area contributed by atoms with Crippen molar-refractivity contribution in [2.24, 2.45) is 0 Å². The summed E-state index contributed by atoms with van der Waals surface area (Å²) in [6.45, 7) is 0. The first-order valence-corrected chi connectivity index (χ1v) is 9.31. The van der Waals surface area contributed by atoms with E-state index in [0.29, 0.717) is 4.88 Å². The molecule has 0 aliphatic carbocycles. The fourth-order valence-electron chi connectivity index (χ4n) is 2.14. The highest BCUT2D eigenvalue weighted by atomic mass is 32.2. The summed E-state index contributed by atoms with van der Waals surface area (Å²) in [5.41, 5.74) is 0.208. The van der Waals surface area contributed by atoms with Crippen LogP contribution in [0, 0.1) is 5.82 Å². The molecule has 0 aliphatic rings. The smallest absolute Gasteiger partial charge is 0.327 e. The second-order valence-electron chi connectivity index (χ2n) is 5.12. The predicted octanol–water partition coefficient (Wildman–Crippen LogP) is 4.58. The zero-order valence-electron chi connectivity index (χ0n) is 12.6. The number of halogens is 5. The number of aromatic amines is 1. The lowest BCUT2D eigenvalue weighted by molar-refractivity contribution is -0.0639. The van der Waals surface area contributed by atoms with Gasteiger partial charge in [-0.1, -0.05) is 6.07 Å². The van der Waals surface area contributed by atoms with Gasteiger partial charge in [-0.15, -0.1) is 11.3 Å². The van der Waals surface area contributed by atoms with E-state index in [2.05, 4.69) is 9.97 Å². The number of hydrogen-bond acceptors (Lipinski definition) is 4. The second kappa shape index (κ2) is 6.47. The summed E-state index contributed by atoms with van der Waals surface area (Å²) in [5.74, 6) is -0.570.